The molecule has 84 valence electrons. The van der Waals surface area contributed by atoms with Gasteiger partial charge in [-0.2, -0.15) is 0 Å². The highest BCUT2D eigenvalue weighted by Crippen LogP contribution is 2.30. The van der Waals surface area contributed by atoms with Gasteiger partial charge in [0.25, 0.3) is 0 Å². The van der Waals surface area contributed by atoms with Crippen molar-refractivity contribution < 1.29 is 18.7 Å². The Balaban J connectivity index is 1.86. The minimum Gasteiger partial charge on any atom is -0.376 e. The number of benzene rings is 1. The maximum atomic E-state index is 12.6. The summed E-state index contributed by atoms with van der Waals surface area (Å²) in [5.41, 5.74) is 0.384. The van der Waals surface area contributed by atoms with Crippen LogP contribution in [0.15, 0.2) is 24.3 Å². The van der Waals surface area contributed by atoms with Crippen molar-refractivity contribution in [2.24, 2.45) is 5.92 Å². The van der Waals surface area contributed by atoms with Crippen LogP contribution in [0.2, 0.25) is 0 Å². The molecule has 1 amide bonds. The normalized spacial score (nSPS) is 14.3. The number of hydrogen-bond acceptors (Lipinski definition) is 3. The minimum atomic E-state index is -0.830. The van der Waals surface area contributed by atoms with Crippen LogP contribution in [0.5, 0.6) is 0 Å². The average molecular weight is 223 g/mol. The molecule has 0 bridgehead atoms. The Morgan fingerprint density at radius 1 is 1.25 bits per heavy atom. The molecule has 2 rings (SSSR count). The van der Waals surface area contributed by atoms with Crippen molar-refractivity contribution in [1.82, 2.24) is 0 Å². The molecular weight excluding hydrogens is 213 g/mol. The van der Waals surface area contributed by atoms with Crippen LogP contribution < -0.4 is 5.32 Å². The third kappa shape index (κ3) is 2.79. The largest absolute Gasteiger partial charge is 0.419 e. The van der Waals surface area contributed by atoms with Crippen molar-refractivity contribution in [3.05, 3.63) is 30.1 Å². The Morgan fingerprint density at radius 2 is 1.88 bits per heavy atom. The molecule has 0 atom stereocenters. The van der Waals surface area contributed by atoms with Gasteiger partial charge in [-0.25, -0.2) is 9.18 Å². The topological polar surface area (TPSA) is 55.4 Å². The standard InChI is InChI=1S/C11H10FNO3/c12-8-3-5-9(6-4-8)13-11(15)16-10(14)7-1-2-7/h3-7H,1-2H2,(H,13,15). The first kappa shape index (κ1) is 10.6. The number of ether oxygens (including phenoxy) is 1. The summed E-state index contributed by atoms with van der Waals surface area (Å²) in [5, 5.41) is 2.33. The summed E-state index contributed by atoms with van der Waals surface area (Å²) >= 11 is 0. The maximum absolute atomic E-state index is 12.6. The molecule has 0 spiro atoms. The van der Waals surface area contributed by atoms with Gasteiger partial charge >= 0.3 is 12.1 Å². The lowest BCUT2D eigenvalue weighted by Crippen LogP contribution is -2.19. The van der Waals surface area contributed by atoms with E-state index in [0.29, 0.717) is 5.69 Å². The van der Waals surface area contributed by atoms with Crippen molar-refractivity contribution in [3.63, 3.8) is 0 Å². The minimum absolute atomic E-state index is 0.126. The number of hydrogen-bond donors (Lipinski definition) is 1. The van der Waals surface area contributed by atoms with Crippen molar-refractivity contribution in [1.29, 1.82) is 0 Å². The first-order chi connectivity index (χ1) is 7.65. The lowest BCUT2D eigenvalue weighted by Gasteiger charge is -2.04. The Morgan fingerprint density at radius 3 is 2.44 bits per heavy atom. The molecule has 0 heterocycles. The van der Waals surface area contributed by atoms with E-state index in [1.54, 1.807) is 0 Å². The molecule has 0 saturated heterocycles. The van der Waals surface area contributed by atoms with Gasteiger partial charge in [-0.15, -0.1) is 0 Å². The first-order valence-electron chi connectivity index (χ1n) is 4.93. The number of carbonyl (C=O) groups excluding carboxylic acids is 2. The van der Waals surface area contributed by atoms with Crippen LogP contribution in [-0.4, -0.2) is 12.1 Å². The predicted molar refractivity (Wildman–Crippen MR) is 54.2 cm³/mol. The zero-order chi connectivity index (χ0) is 11.5. The number of halogens is 1. The molecule has 1 aromatic carbocycles. The molecule has 1 N–H and O–H groups in total. The van der Waals surface area contributed by atoms with Crippen molar-refractivity contribution in [2.45, 2.75) is 12.8 Å². The van der Waals surface area contributed by atoms with E-state index in [-0.39, 0.29) is 5.92 Å². The zero-order valence-electron chi connectivity index (χ0n) is 8.40. The molecule has 4 nitrogen and oxygen atoms in total. The van der Waals surface area contributed by atoms with Crippen LogP contribution in [0.25, 0.3) is 0 Å². The van der Waals surface area contributed by atoms with Gasteiger partial charge in [0, 0.05) is 5.69 Å². The summed E-state index contributed by atoms with van der Waals surface area (Å²) in [6.07, 6.45) is 0.731. The van der Waals surface area contributed by atoms with E-state index in [0.717, 1.165) is 12.8 Å². The second-order valence-corrected chi connectivity index (χ2v) is 3.61. The third-order valence-electron chi connectivity index (χ3n) is 2.19. The number of amides is 1. The average Bonchev–Trinajstić information content (AvgIpc) is 3.04. The second-order valence-electron chi connectivity index (χ2n) is 3.61. The summed E-state index contributed by atoms with van der Waals surface area (Å²) < 4.78 is 17.1. The SMILES string of the molecule is O=C(Nc1ccc(F)cc1)OC(=O)C1CC1. The van der Waals surface area contributed by atoms with E-state index in [2.05, 4.69) is 10.1 Å². The fraction of sp³-hybridized carbons (Fsp3) is 0.273. The van der Waals surface area contributed by atoms with E-state index in [4.69, 9.17) is 0 Å². The molecule has 1 fully saturated rings. The molecule has 0 aliphatic heterocycles. The third-order valence-corrected chi connectivity index (χ3v) is 2.19. The molecule has 5 heteroatoms. The highest BCUT2D eigenvalue weighted by Gasteiger charge is 2.32. The van der Waals surface area contributed by atoms with Gasteiger partial charge in [-0.3, -0.25) is 10.1 Å². The number of anilines is 1. The Labute approximate surface area is 91.4 Å². The van der Waals surface area contributed by atoms with E-state index in [1.807, 2.05) is 0 Å². The summed E-state index contributed by atoms with van der Waals surface area (Å²) in [7, 11) is 0. The smallest absolute Gasteiger partial charge is 0.376 e. The van der Waals surface area contributed by atoms with Gasteiger partial charge in [0.2, 0.25) is 0 Å². The quantitative estimate of drug-likeness (QED) is 0.618. The number of rotatable bonds is 2. The lowest BCUT2D eigenvalue weighted by molar-refractivity contribution is -0.138. The van der Waals surface area contributed by atoms with Crippen LogP contribution in [0.3, 0.4) is 0 Å². The number of esters is 1. The van der Waals surface area contributed by atoms with Crippen LogP contribution in [0, 0.1) is 11.7 Å². The molecule has 0 unspecified atom stereocenters. The van der Waals surface area contributed by atoms with Gasteiger partial charge < -0.3 is 4.74 Å². The van der Waals surface area contributed by atoms with Gasteiger partial charge in [0.15, 0.2) is 0 Å². The molecule has 1 aromatic rings. The highest BCUT2D eigenvalue weighted by molar-refractivity contribution is 5.94. The van der Waals surface area contributed by atoms with E-state index in [1.165, 1.54) is 24.3 Å². The summed E-state index contributed by atoms with van der Waals surface area (Å²) in [6.45, 7) is 0. The fourth-order valence-electron chi connectivity index (χ4n) is 1.17. The van der Waals surface area contributed by atoms with E-state index < -0.39 is 17.9 Å². The van der Waals surface area contributed by atoms with Gasteiger partial charge in [-0.05, 0) is 37.1 Å². The van der Waals surface area contributed by atoms with Crippen LogP contribution in [-0.2, 0) is 9.53 Å². The molecule has 1 saturated carbocycles. The Bertz CT molecular complexity index is 412. The highest BCUT2D eigenvalue weighted by atomic mass is 19.1. The predicted octanol–water partition coefficient (Wildman–Crippen LogP) is 2.31. The van der Waals surface area contributed by atoms with E-state index in [9.17, 15) is 14.0 Å². The van der Waals surface area contributed by atoms with E-state index >= 15 is 0 Å². The Kier molecular flexibility index (Phi) is 2.85. The monoisotopic (exact) mass is 223 g/mol. The van der Waals surface area contributed by atoms with Crippen LogP contribution in [0.4, 0.5) is 14.9 Å². The zero-order valence-corrected chi connectivity index (χ0v) is 8.40. The molecule has 1 aliphatic carbocycles. The number of carbonyl (C=O) groups is 2. The van der Waals surface area contributed by atoms with Gasteiger partial charge in [-0.1, -0.05) is 0 Å². The van der Waals surface area contributed by atoms with Crippen LogP contribution in [0.1, 0.15) is 12.8 Å². The molecule has 1 aliphatic rings. The fourth-order valence-corrected chi connectivity index (χ4v) is 1.17. The summed E-state index contributed by atoms with van der Waals surface area (Å²) in [5.74, 6) is -1.02. The molecule has 16 heavy (non-hydrogen) atoms. The lowest BCUT2D eigenvalue weighted by atomic mass is 10.3. The molecule has 0 radical (unpaired) electrons. The maximum Gasteiger partial charge on any atom is 0.419 e. The number of nitrogens with one attached hydrogen (secondary N) is 1. The second kappa shape index (κ2) is 4.30. The summed E-state index contributed by atoms with van der Waals surface area (Å²) in [4.78, 5) is 22.3. The van der Waals surface area contributed by atoms with Crippen LogP contribution >= 0.6 is 0 Å². The first-order valence-corrected chi connectivity index (χ1v) is 4.93. The molecule has 0 aromatic heterocycles. The van der Waals surface area contributed by atoms with Crippen molar-refractivity contribution >= 4 is 17.7 Å². The van der Waals surface area contributed by atoms with Gasteiger partial charge in [0.05, 0.1) is 5.92 Å². The van der Waals surface area contributed by atoms with Crippen molar-refractivity contribution in [3.8, 4) is 0 Å². The van der Waals surface area contributed by atoms with Crippen molar-refractivity contribution in [2.75, 3.05) is 5.32 Å². The summed E-state index contributed by atoms with van der Waals surface area (Å²) in [6, 6.07) is 5.19. The Hall–Kier alpha value is -1.91. The van der Waals surface area contributed by atoms with Gasteiger partial charge in [0.1, 0.15) is 5.82 Å². The molecular formula is C11H10FNO3.